The molecule has 9 nitrogen and oxygen atoms in total. The predicted octanol–water partition coefficient (Wildman–Crippen LogP) is 4.34. The molecule has 8 atom stereocenters. The van der Waals surface area contributed by atoms with Crippen molar-refractivity contribution in [1.82, 2.24) is 0 Å². The van der Waals surface area contributed by atoms with Crippen LogP contribution < -0.4 is 0 Å². The number of hydrogen-bond donors (Lipinski definition) is 0. The SMILES string of the molecule is COC(=O)C1=NO[C@]2(C(C)=NOC(C)=O)[C@H]1CC1C3CC=C4C[C@@H](OC(C)=O)CC[C@]4(C)C3CC[C@@]12C. The van der Waals surface area contributed by atoms with Gasteiger partial charge in [-0.05, 0) is 68.6 Å². The van der Waals surface area contributed by atoms with Gasteiger partial charge in [0.25, 0.3) is 0 Å². The predicted molar refractivity (Wildman–Crippen MR) is 134 cm³/mol. The van der Waals surface area contributed by atoms with Crippen molar-refractivity contribution >= 4 is 29.3 Å². The summed E-state index contributed by atoms with van der Waals surface area (Å²) in [7, 11) is 1.35. The normalized spacial score (nSPS) is 42.1. The van der Waals surface area contributed by atoms with Gasteiger partial charge in [0.1, 0.15) is 11.8 Å². The second kappa shape index (κ2) is 8.95. The van der Waals surface area contributed by atoms with Gasteiger partial charge in [-0.2, -0.15) is 0 Å². The van der Waals surface area contributed by atoms with Gasteiger partial charge >= 0.3 is 17.9 Å². The number of rotatable bonds is 4. The third-order valence-electron chi connectivity index (χ3n) is 10.5. The Labute approximate surface area is 218 Å². The van der Waals surface area contributed by atoms with Crippen LogP contribution in [0.15, 0.2) is 22.0 Å². The number of fused-ring (bicyclic) bond motifs is 7. The standard InChI is InChI=1S/C28H38N2O7/c1-15(29-36-17(3)32)28-23(24(30-37-28)25(33)34-6)14-22-20-8-7-18-13-19(35-16(2)31)9-11-26(18,4)21(20)10-12-27(22,28)5/h7,19-23H,8-14H2,1-6H3/t19-,20?,21?,22?,23-,26-,27-,28+/m0/s1. The molecule has 0 amide bonds. The van der Waals surface area contributed by atoms with Crippen molar-refractivity contribution in [2.24, 2.45) is 44.8 Å². The fourth-order valence-electron chi connectivity index (χ4n) is 8.87. The minimum atomic E-state index is -0.973. The van der Waals surface area contributed by atoms with Crippen LogP contribution in [-0.4, -0.2) is 48.1 Å². The largest absolute Gasteiger partial charge is 0.464 e. The number of allylic oxidation sites excluding steroid dienone is 1. The van der Waals surface area contributed by atoms with Crippen molar-refractivity contribution in [2.75, 3.05) is 7.11 Å². The van der Waals surface area contributed by atoms with Crippen LogP contribution in [0.2, 0.25) is 0 Å². The van der Waals surface area contributed by atoms with Gasteiger partial charge in [-0.1, -0.05) is 35.8 Å². The number of esters is 2. The lowest BCUT2D eigenvalue weighted by Crippen LogP contribution is -2.59. The first kappa shape index (κ1) is 25.9. The smallest absolute Gasteiger partial charge is 0.356 e. The zero-order valence-electron chi connectivity index (χ0n) is 22.7. The molecule has 1 aliphatic heterocycles. The summed E-state index contributed by atoms with van der Waals surface area (Å²) in [5.74, 6) is -0.389. The van der Waals surface area contributed by atoms with Crippen LogP contribution in [0.4, 0.5) is 0 Å². The molecule has 9 heteroatoms. The highest BCUT2D eigenvalue weighted by Crippen LogP contribution is 2.70. The summed E-state index contributed by atoms with van der Waals surface area (Å²) in [5, 5.41) is 8.40. The molecular formula is C28H38N2O7. The maximum absolute atomic E-state index is 12.7. The van der Waals surface area contributed by atoms with Gasteiger partial charge in [-0.25, -0.2) is 9.59 Å². The lowest BCUT2D eigenvalue weighted by atomic mass is 9.46. The van der Waals surface area contributed by atoms with Gasteiger partial charge in [0.05, 0.1) is 13.0 Å². The summed E-state index contributed by atoms with van der Waals surface area (Å²) >= 11 is 0. The number of carbonyl (C=O) groups is 3. The van der Waals surface area contributed by atoms with Crippen molar-refractivity contribution < 1.29 is 33.5 Å². The van der Waals surface area contributed by atoms with Crippen LogP contribution in [0.5, 0.6) is 0 Å². The molecule has 0 saturated heterocycles. The van der Waals surface area contributed by atoms with Gasteiger partial charge in [-0.3, -0.25) is 4.79 Å². The summed E-state index contributed by atoms with van der Waals surface area (Å²) in [6.07, 6.45) is 8.59. The summed E-state index contributed by atoms with van der Waals surface area (Å²) in [6, 6.07) is 0. The lowest BCUT2D eigenvalue weighted by molar-refractivity contribution is -0.149. The van der Waals surface area contributed by atoms with E-state index in [0.717, 1.165) is 44.9 Å². The van der Waals surface area contributed by atoms with E-state index in [4.69, 9.17) is 19.1 Å². The third-order valence-corrected chi connectivity index (χ3v) is 10.5. The van der Waals surface area contributed by atoms with E-state index in [9.17, 15) is 14.4 Å². The molecule has 5 aliphatic rings. The topological polar surface area (TPSA) is 113 Å². The van der Waals surface area contributed by atoms with Crippen molar-refractivity contribution in [3.8, 4) is 0 Å². The first-order valence-electron chi connectivity index (χ1n) is 13.4. The molecular weight excluding hydrogens is 476 g/mol. The second-order valence-corrected chi connectivity index (χ2v) is 12.0. The highest BCUT2D eigenvalue weighted by atomic mass is 16.7. The molecule has 0 N–H and O–H groups in total. The van der Waals surface area contributed by atoms with Crippen LogP contribution >= 0.6 is 0 Å². The zero-order chi connectivity index (χ0) is 26.8. The molecule has 0 aromatic carbocycles. The maximum Gasteiger partial charge on any atom is 0.356 e. The van der Waals surface area contributed by atoms with Crippen molar-refractivity contribution in [3.63, 3.8) is 0 Å². The Hall–Kier alpha value is -2.71. The van der Waals surface area contributed by atoms with Crippen LogP contribution in [0.3, 0.4) is 0 Å². The highest BCUT2D eigenvalue weighted by molar-refractivity contribution is 6.38. The van der Waals surface area contributed by atoms with E-state index in [2.05, 4.69) is 30.2 Å². The molecule has 0 bridgehead atoms. The Morgan fingerprint density at radius 2 is 1.84 bits per heavy atom. The third kappa shape index (κ3) is 3.67. The molecule has 202 valence electrons. The summed E-state index contributed by atoms with van der Waals surface area (Å²) in [4.78, 5) is 47.1. The van der Waals surface area contributed by atoms with Gasteiger partial charge in [0.15, 0.2) is 11.3 Å². The van der Waals surface area contributed by atoms with E-state index in [1.165, 1.54) is 26.5 Å². The first-order chi connectivity index (χ1) is 17.5. The Morgan fingerprint density at radius 1 is 1.08 bits per heavy atom. The Bertz CT molecular complexity index is 1110. The molecule has 0 spiro atoms. The average molecular weight is 515 g/mol. The number of nitrogens with zero attached hydrogens (tertiary/aromatic N) is 2. The molecule has 37 heavy (non-hydrogen) atoms. The Morgan fingerprint density at radius 3 is 2.51 bits per heavy atom. The van der Waals surface area contributed by atoms with Crippen molar-refractivity contribution in [2.45, 2.75) is 91.3 Å². The van der Waals surface area contributed by atoms with Gasteiger partial charge in [0, 0.05) is 25.7 Å². The lowest BCUT2D eigenvalue weighted by Gasteiger charge is -2.58. The van der Waals surface area contributed by atoms with E-state index in [1.807, 2.05) is 6.92 Å². The number of ether oxygens (including phenoxy) is 2. The van der Waals surface area contributed by atoms with Crippen LogP contribution in [0, 0.1) is 34.5 Å². The Balaban J connectivity index is 1.51. The molecule has 0 aromatic rings. The molecule has 3 saturated carbocycles. The molecule has 0 aromatic heterocycles. The summed E-state index contributed by atoms with van der Waals surface area (Å²) < 4.78 is 10.6. The van der Waals surface area contributed by atoms with E-state index in [0.29, 0.717) is 17.5 Å². The second-order valence-electron chi connectivity index (χ2n) is 12.0. The van der Waals surface area contributed by atoms with E-state index in [-0.39, 0.29) is 40.5 Å². The van der Waals surface area contributed by atoms with Crippen LogP contribution in [0.25, 0.3) is 0 Å². The number of oxime groups is 2. The van der Waals surface area contributed by atoms with Crippen LogP contribution in [0.1, 0.15) is 79.6 Å². The molecule has 5 rings (SSSR count). The first-order valence-corrected chi connectivity index (χ1v) is 13.4. The van der Waals surface area contributed by atoms with Crippen LogP contribution in [-0.2, 0) is 33.5 Å². The number of carbonyl (C=O) groups excluding carboxylic acids is 3. The minimum Gasteiger partial charge on any atom is -0.464 e. The molecule has 3 fully saturated rings. The van der Waals surface area contributed by atoms with E-state index < -0.39 is 17.5 Å². The van der Waals surface area contributed by atoms with E-state index >= 15 is 0 Å². The number of hydrogen-bond acceptors (Lipinski definition) is 9. The minimum absolute atomic E-state index is 0.0382. The average Bonchev–Trinajstić information content (AvgIpc) is 3.35. The molecule has 0 radical (unpaired) electrons. The Kier molecular flexibility index (Phi) is 6.27. The molecule has 3 unspecified atom stereocenters. The van der Waals surface area contributed by atoms with E-state index in [1.54, 1.807) is 0 Å². The van der Waals surface area contributed by atoms with Gasteiger partial charge in [-0.15, -0.1) is 0 Å². The zero-order valence-corrected chi connectivity index (χ0v) is 22.7. The number of methoxy groups -OCH3 is 1. The van der Waals surface area contributed by atoms with Gasteiger partial charge in [0.2, 0.25) is 0 Å². The quantitative estimate of drug-likeness (QED) is 0.180. The molecule has 4 aliphatic carbocycles. The fraction of sp³-hybridized carbons (Fsp3) is 0.750. The van der Waals surface area contributed by atoms with Gasteiger partial charge < -0.3 is 19.1 Å². The summed E-state index contributed by atoms with van der Waals surface area (Å²) in [5.41, 5.74) is 0.962. The molecule has 1 heterocycles. The highest BCUT2D eigenvalue weighted by Gasteiger charge is 2.74. The van der Waals surface area contributed by atoms with Crippen molar-refractivity contribution in [1.29, 1.82) is 0 Å². The monoisotopic (exact) mass is 514 g/mol. The van der Waals surface area contributed by atoms with Crippen molar-refractivity contribution in [3.05, 3.63) is 11.6 Å². The summed E-state index contributed by atoms with van der Waals surface area (Å²) in [6.45, 7) is 9.22. The maximum atomic E-state index is 12.7. The fourth-order valence-corrected chi connectivity index (χ4v) is 8.87.